The second kappa shape index (κ2) is 10.1. The molecule has 37 heavy (non-hydrogen) atoms. The number of ether oxygens (including phenoxy) is 3. The number of nitrogens with one attached hydrogen (secondary N) is 1. The van der Waals surface area contributed by atoms with Crippen molar-refractivity contribution in [3.8, 4) is 34.6 Å². The fourth-order valence-corrected chi connectivity index (χ4v) is 5.33. The predicted molar refractivity (Wildman–Crippen MR) is 130 cm³/mol. The summed E-state index contributed by atoms with van der Waals surface area (Å²) in [6, 6.07) is 9.91. The lowest BCUT2D eigenvalue weighted by molar-refractivity contribution is -0.140. The summed E-state index contributed by atoms with van der Waals surface area (Å²) in [5, 5.41) is 17.3. The molecule has 1 fully saturated rings. The molecule has 3 aromatic rings. The first-order valence-corrected chi connectivity index (χ1v) is 12.8. The van der Waals surface area contributed by atoms with Crippen LogP contribution >= 0.6 is 0 Å². The first-order valence-electron chi connectivity index (χ1n) is 11.3. The van der Waals surface area contributed by atoms with Crippen molar-refractivity contribution in [2.75, 3.05) is 26.1 Å². The molecule has 0 aliphatic heterocycles. The normalized spacial score (nSPS) is 16.9. The van der Waals surface area contributed by atoms with Crippen LogP contribution in [0.15, 0.2) is 36.4 Å². The van der Waals surface area contributed by atoms with Gasteiger partial charge in [0.15, 0.2) is 5.82 Å². The third-order valence-corrected chi connectivity index (χ3v) is 7.98. The molecule has 0 bridgehead atoms. The largest absolute Gasteiger partial charge is 0.494 e. The van der Waals surface area contributed by atoms with Gasteiger partial charge >= 0.3 is 0 Å². The molecule has 4 rings (SSSR count). The minimum absolute atomic E-state index is 0.131. The number of rotatable bonds is 10. The van der Waals surface area contributed by atoms with E-state index in [9.17, 15) is 22.3 Å². The number of sulfonamides is 1. The quantitative estimate of drug-likeness (QED) is 0.398. The van der Waals surface area contributed by atoms with E-state index in [1.807, 2.05) is 0 Å². The summed E-state index contributed by atoms with van der Waals surface area (Å²) in [6.07, 6.45) is -2.66. The molecule has 0 unspecified atom stereocenters. The molecule has 0 amide bonds. The van der Waals surface area contributed by atoms with Crippen LogP contribution in [-0.2, 0) is 10.0 Å². The van der Waals surface area contributed by atoms with E-state index in [1.165, 1.54) is 32.8 Å². The van der Waals surface area contributed by atoms with Crippen molar-refractivity contribution < 1.29 is 36.5 Å². The van der Waals surface area contributed by atoms with Gasteiger partial charge in [-0.3, -0.25) is 9.29 Å². The Hall–Kier alpha value is -3.52. The lowest BCUT2D eigenvalue weighted by atomic mass is 9.77. The molecular formula is C23H27F2N5O6S. The van der Waals surface area contributed by atoms with Crippen LogP contribution in [0.3, 0.4) is 0 Å². The first kappa shape index (κ1) is 26.5. The Morgan fingerprint density at radius 3 is 2.24 bits per heavy atom. The smallest absolute Gasteiger partial charge is 0.248 e. The van der Waals surface area contributed by atoms with Crippen molar-refractivity contribution in [2.24, 2.45) is 5.92 Å². The van der Waals surface area contributed by atoms with Crippen molar-refractivity contribution in [2.45, 2.75) is 37.0 Å². The van der Waals surface area contributed by atoms with Gasteiger partial charge in [-0.1, -0.05) is 12.1 Å². The minimum atomic E-state index is -4.32. The SMILES string of the molecule is COc1cccc(-c2nnc(NS(=O)(=O)[C@@H](C)[C@H](O)C3CC(F)(F)C3)n2-c2c(OC)cccc2OC)n1. The summed E-state index contributed by atoms with van der Waals surface area (Å²) in [4.78, 5) is 4.37. The zero-order valence-electron chi connectivity index (χ0n) is 20.6. The van der Waals surface area contributed by atoms with Gasteiger partial charge in [0.05, 0.1) is 27.4 Å². The third kappa shape index (κ3) is 5.16. The lowest BCUT2D eigenvalue weighted by Gasteiger charge is -2.39. The van der Waals surface area contributed by atoms with Crippen LogP contribution in [0.1, 0.15) is 19.8 Å². The summed E-state index contributed by atoms with van der Waals surface area (Å²) in [7, 11) is -0.00201. The number of aliphatic hydroxyl groups is 1. The van der Waals surface area contributed by atoms with Crippen LogP contribution in [0.4, 0.5) is 14.7 Å². The number of alkyl halides is 2. The molecule has 2 heterocycles. The van der Waals surface area contributed by atoms with Crippen molar-refractivity contribution in [3.05, 3.63) is 36.4 Å². The highest BCUT2D eigenvalue weighted by atomic mass is 32.2. The van der Waals surface area contributed by atoms with Gasteiger partial charge in [0.25, 0.3) is 0 Å². The molecule has 0 radical (unpaired) electrons. The predicted octanol–water partition coefficient (Wildman–Crippen LogP) is 2.89. The molecule has 11 nitrogen and oxygen atoms in total. The molecular weight excluding hydrogens is 512 g/mol. The van der Waals surface area contributed by atoms with E-state index in [0.29, 0.717) is 17.2 Å². The molecule has 200 valence electrons. The van der Waals surface area contributed by atoms with Gasteiger partial charge in [-0.05, 0) is 31.0 Å². The second-order valence-electron chi connectivity index (χ2n) is 8.63. The number of aromatic nitrogens is 4. The van der Waals surface area contributed by atoms with Crippen LogP contribution in [0.5, 0.6) is 17.4 Å². The number of benzene rings is 1. The minimum Gasteiger partial charge on any atom is -0.494 e. The molecule has 14 heteroatoms. The molecule has 0 saturated heterocycles. The fourth-order valence-electron chi connectivity index (χ4n) is 4.17. The van der Waals surface area contributed by atoms with E-state index in [1.54, 1.807) is 36.4 Å². The molecule has 2 aromatic heterocycles. The van der Waals surface area contributed by atoms with Gasteiger partial charge in [0, 0.05) is 18.9 Å². The highest BCUT2D eigenvalue weighted by Gasteiger charge is 2.51. The molecule has 1 aliphatic carbocycles. The maximum atomic E-state index is 13.3. The van der Waals surface area contributed by atoms with Gasteiger partial charge in [-0.25, -0.2) is 22.2 Å². The van der Waals surface area contributed by atoms with E-state index < -0.39 is 46.1 Å². The Kier molecular flexibility index (Phi) is 7.24. The summed E-state index contributed by atoms with van der Waals surface area (Å²) < 4.78 is 73.0. The second-order valence-corrected chi connectivity index (χ2v) is 10.7. The molecule has 1 saturated carbocycles. The number of methoxy groups -OCH3 is 3. The van der Waals surface area contributed by atoms with Crippen LogP contribution < -0.4 is 18.9 Å². The Balaban J connectivity index is 1.80. The standard InChI is InChI=1S/C23H27F2N5O6S/c1-13(20(31)14-11-23(24,25)12-14)37(32,33)29-22-28-27-21(15-7-5-10-18(26-15)36-4)30(22)19-16(34-2)8-6-9-17(19)35-3/h5-10,13-14,20,31H,11-12H2,1-4H3,(H,28,29)/t13-,20-/m0/s1. The summed E-state index contributed by atoms with van der Waals surface area (Å²) >= 11 is 0. The first-order chi connectivity index (χ1) is 17.5. The summed E-state index contributed by atoms with van der Waals surface area (Å²) in [5.74, 6) is -2.95. The van der Waals surface area contributed by atoms with Gasteiger partial charge in [-0.15, -0.1) is 10.2 Å². The lowest BCUT2D eigenvalue weighted by Crippen LogP contribution is -2.49. The Labute approximate surface area is 212 Å². The monoisotopic (exact) mass is 539 g/mol. The van der Waals surface area contributed by atoms with Gasteiger partial charge in [0.1, 0.15) is 28.1 Å². The van der Waals surface area contributed by atoms with Crippen molar-refractivity contribution in [3.63, 3.8) is 0 Å². The highest BCUT2D eigenvalue weighted by molar-refractivity contribution is 7.93. The average Bonchev–Trinajstić information content (AvgIpc) is 3.27. The highest BCUT2D eigenvalue weighted by Crippen LogP contribution is 2.45. The molecule has 2 atom stereocenters. The molecule has 2 N–H and O–H groups in total. The zero-order chi connectivity index (χ0) is 27.0. The maximum absolute atomic E-state index is 13.3. The van der Waals surface area contributed by atoms with Crippen molar-refractivity contribution in [1.29, 1.82) is 0 Å². The van der Waals surface area contributed by atoms with Gasteiger partial charge < -0.3 is 19.3 Å². The molecule has 0 spiro atoms. The van der Waals surface area contributed by atoms with E-state index >= 15 is 0 Å². The van der Waals surface area contributed by atoms with E-state index in [0.717, 1.165) is 0 Å². The average molecular weight is 540 g/mol. The zero-order valence-corrected chi connectivity index (χ0v) is 21.4. The fraction of sp³-hybridized carbons (Fsp3) is 0.435. The Bertz CT molecular complexity index is 1350. The Morgan fingerprint density at radius 2 is 1.68 bits per heavy atom. The number of nitrogens with zero attached hydrogens (tertiary/aromatic N) is 4. The summed E-state index contributed by atoms with van der Waals surface area (Å²) in [5.41, 5.74) is 0.580. The number of hydrogen-bond donors (Lipinski definition) is 2. The van der Waals surface area contributed by atoms with E-state index in [2.05, 4.69) is 19.9 Å². The van der Waals surface area contributed by atoms with Crippen molar-refractivity contribution in [1.82, 2.24) is 19.7 Å². The van der Waals surface area contributed by atoms with Crippen LogP contribution in [-0.4, -0.2) is 71.9 Å². The van der Waals surface area contributed by atoms with Gasteiger partial charge in [0.2, 0.25) is 27.8 Å². The van der Waals surface area contributed by atoms with Crippen LogP contribution in [0.25, 0.3) is 17.2 Å². The number of aliphatic hydroxyl groups excluding tert-OH is 1. The number of pyridine rings is 1. The van der Waals surface area contributed by atoms with Crippen LogP contribution in [0, 0.1) is 5.92 Å². The van der Waals surface area contributed by atoms with E-state index in [-0.39, 0.29) is 23.3 Å². The van der Waals surface area contributed by atoms with Gasteiger partial charge in [-0.2, -0.15) is 0 Å². The van der Waals surface area contributed by atoms with Crippen molar-refractivity contribution >= 4 is 16.0 Å². The Morgan fingerprint density at radius 1 is 1.05 bits per heavy atom. The molecule has 1 aromatic carbocycles. The number of halogens is 2. The molecule has 1 aliphatic rings. The number of anilines is 1. The van der Waals surface area contributed by atoms with Crippen LogP contribution in [0.2, 0.25) is 0 Å². The topological polar surface area (TPSA) is 138 Å². The maximum Gasteiger partial charge on any atom is 0.248 e. The van der Waals surface area contributed by atoms with E-state index in [4.69, 9.17) is 14.2 Å². The number of hydrogen-bond acceptors (Lipinski definition) is 9. The number of para-hydroxylation sites is 1. The third-order valence-electron chi connectivity index (χ3n) is 6.26. The summed E-state index contributed by atoms with van der Waals surface area (Å²) in [6.45, 7) is 1.25.